The van der Waals surface area contributed by atoms with E-state index >= 15 is 0 Å². The zero-order valence-electron chi connectivity index (χ0n) is 6.99. The van der Waals surface area contributed by atoms with Crippen LogP contribution in [0.3, 0.4) is 0 Å². The number of nitrogen functional groups attached to an aromatic ring is 2. The summed E-state index contributed by atoms with van der Waals surface area (Å²) in [5.41, 5.74) is 11.7. The highest BCUT2D eigenvalue weighted by atomic mass is 16.5. The fraction of sp³-hybridized carbons (Fsp3) is 0. The van der Waals surface area contributed by atoms with Gasteiger partial charge < -0.3 is 16.2 Å². The number of nitrogens with two attached hydrogens (primary N) is 2. The summed E-state index contributed by atoms with van der Waals surface area (Å²) in [7, 11) is 0. The van der Waals surface area contributed by atoms with Crippen LogP contribution in [0.5, 0.6) is 5.75 Å². The van der Waals surface area contributed by atoms with Crippen molar-refractivity contribution in [2.75, 3.05) is 11.5 Å². The summed E-state index contributed by atoms with van der Waals surface area (Å²) < 4.78 is 4.81. The van der Waals surface area contributed by atoms with Crippen molar-refractivity contribution in [3.63, 3.8) is 0 Å². The monoisotopic (exact) mass is 178 g/mol. The Labute approximate surface area is 75.8 Å². The highest BCUT2D eigenvalue weighted by Gasteiger charge is 2.05. The van der Waals surface area contributed by atoms with Gasteiger partial charge in [-0.15, -0.1) is 0 Å². The highest BCUT2D eigenvalue weighted by Crippen LogP contribution is 2.26. The van der Waals surface area contributed by atoms with Crippen LogP contribution in [0.2, 0.25) is 0 Å². The second kappa shape index (κ2) is 3.62. The molecule has 0 radical (unpaired) electrons. The second-order valence-electron chi connectivity index (χ2n) is 2.38. The third-order valence-electron chi connectivity index (χ3n) is 1.48. The predicted octanol–water partition coefficient (Wildman–Crippen LogP) is 0.942. The molecule has 1 aromatic carbocycles. The standard InChI is InChI=1S/C9H10N2O2/c1-2-8(12)13-7-5-3-4-6(10)9(7)11/h2-5H,1,10-11H2. The van der Waals surface area contributed by atoms with E-state index in [4.69, 9.17) is 16.2 Å². The molecule has 0 fully saturated rings. The summed E-state index contributed by atoms with van der Waals surface area (Å²) >= 11 is 0. The third kappa shape index (κ3) is 1.99. The van der Waals surface area contributed by atoms with E-state index in [-0.39, 0.29) is 11.4 Å². The Morgan fingerprint density at radius 3 is 2.77 bits per heavy atom. The molecule has 4 nitrogen and oxygen atoms in total. The molecular formula is C9H10N2O2. The topological polar surface area (TPSA) is 78.3 Å². The van der Waals surface area contributed by atoms with Gasteiger partial charge in [0, 0.05) is 6.08 Å². The molecule has 0 saturated heterocycles. The molecule has 68 valence electrons. The molecule has 0 aliphatic rings. The fourth-order valence-electron chi connectivity index (χ4n) is 0.800. The van der Waals surface area contributed by atoms with Crippen LogP contribution < -0.4 is 16.2 Å². The molecule has 1 rings (SSSR count). The van der Waals surface area contributed by atoms with Crippen LogP contribution in [-0.4, -0.2) is 5.97 Å². The lowest BCUT2D eigenvalue weighted by Gasteiger charge is -2.06. The molecular weight excluding hydrogens is 168 g/mol. The molecule has 0 aliphatic heterocycles. The maximum Gasteiger partial charge on any atom is 0.335 e. The van der Waals surface area contributed by atoms with Gasteiger partial charge in [0.15, 0.2) is 5.75 Å². The number of ether oxygens (including phenoxy) is 1. The normalized spacial score (nSPS) is 9.23. The zero-order valence-corrected chi connectivity index (χ0v) is 6.99. The summed E-state index contributed by atoms with van der Waals surface area (Å²) in [5, 5.41) is 0. The smallest absolute Gasteiger partial charge is 0.335 e. The summed E-state index contributed by atoms with van der Waals surface area (Å²) in [4.78, 5) is 10.8. The molecule has 0 saturated carbocycles. The van der Waals surface area contributed by atoms with Gasteiger partial charge in [0.25, 0.3) is 0 Å². The van der Waals surface area contributed by atoms with Crippen molar-refractivity contribution in [2.45, 2.75) is 0 Å². The number of hydrogen-bond donors (Lipinski definition) is 2. The lowest BCUT2D eigenvalue weighted by Crippen LogP contribution is -2.06. The van der Waals surface area contributed by atoms with Crippen molar-refractivity contribution in [3.8, 4) is 5.75 Å². The highest BCUT2D eigenvalue weighted by molar-refractivity contribution is 5.85. The van der Waals surface area contributed by atoms with E-state index < -0.39 is 5.97 Å². The quantitative estimate of drug-likeness (QED) is 0.306. The van der Waals surface area contributed by atoms with E-state index in [0.29, 0.717) is 5.69 Å². The molecule has 1 aromatic rings. The molecule has 0 bridgehead atoms. The van der Waals surface area contributed by atoms with Crippen molar-refractivity contribution < 1.29 is 9.53 Å². The van der Waals surface area contributed by atoms with E-state index in [1.54, 1.807) is 18.2 Å². The largest absolute Gasteiger partial charge is 0.421 e. The first-order chi connectivity index (χ1) is 6.15. The Hall–Kier alpha value is -1.97. The summed E-state index contributed by atoms with van der Waals surface area (Å²) in [5.74, 6) is -0.304. The maximum absolute atomic E-state index is 10.8. The lowest BCUT2D eigenvalue weighted by atomic mass is 10.2. The van der Waals surface area contributed by atoms with E-state index in [0.717, 1.165) is 6.08 Å². The molecule has 0 spiro atoms. The molecule has 0 heterocycles. The van der Waals surface area contributed by atoms with Gasteiger partial charge in [0.1, 0.15) is 0 Å². The second-order valence-corrected chi connectivity index (χ2v) is 2.38. The Bertz CT molecular complexity index is 347. The van der Waals surface area contributed by atoms with Crippen LogP contribution in [-0.2, 0) is 4.79 Å². The summed E-state index contributed by atoms with van der Waals surface area (Å²) in [6.07, 6.45) is 1.06. The molecule has 0 aromatic heterocycles. The van der Waals surface area contributed by atoms with Crippen molar-refractivity contribution >= 4 is 17.3 Å². The molecule has 13 heavy (non-hydrogen) atoms. The fourth-order valence-corrected chi connectivity index (χ4v) is 0.800. The lowest BCUT2D eigenvalue weighted by molar-refractivity contribution is -0.128. The van der Waals surface area contributed by atoms with Gasteiger partial charge in [0.2, 0.25) is 0 Å². The summed E-state index contributed by atoms with van der Waals surface area (Å²) in [6, 6.07) is 4.84. The van der Waals surface area contributed by atoms with E-state index in [2.05, 4.69) is 6.58 Å². The molecule has 0 amide bonds. The van der Waals surface area contributed by atoms with Crippen LogP contribution in [0.4, 0.5) is 11.4 Å². The SMILES string of the molecule is C=CC(=O)Oc1cccc(N)c1N. The number of para-hydroxylation sites is 1. The number of esters is 1. The van der Waals surface area contributed by atoms with E-state index in [1.807, 2.05) is 0 Å². The number of benzene rings is 1. The Morgan fingerprint density at radius 1 is 1.46 bits per heavy atom. The van der Waals surface area contributed by atoms with Crippen LogP contribution in [0.1, 0.15) is 0 Å². The van der Waals surface area contributed by atoms with Crippen LogP contribution in [0.25, 0.3) is 0 Å². The molecule has 0 unspecified atom stereocenters. The van der Waals surface area contributed by atoms with Gasteiger partial charge >= 0.3 is 5.97 Å². The van der Waals surface area contributed by atoms with Crippen LogP contribution in [0, 0.1) is 0 Å². The first-order valence-corrected chi connectivity index (χ1v) is 3.63. The van der Waals surface area contributed by atoms with Crippen LogP contribution >= 0.6 is 0 Å². The summed E-state index contributed by atoms with van der Waals surface area (Å²) in [6.45, 7) is 3.26. The Balaban J connectivity index is 2.95. The number of hydrogen-bond acceptors (Lipinski definition) is 4. The van der Waals surface area contributed by atoms with Crippen LogP contribution in [0.15, 0.2) is 30.9 Å². The zero-order chi connectivity index (χ0) is 9.84. The van der Waals surface area contributed by atoms with E-state index in [1.165, 1.54) is 0 Å². The predicted molar refractivity (Wildman–Crippen MR) is 51.1 cm³/mol. The number of carbonyl (C=O) groups is 1. The van der Waals surface area contributed by atoms with Crippen molar-refractivity contribution in [2.24, 2.45) is 0 Å². The Morgan fingerprint density at radius 2 is 2.15 bits per heavy atom. The minimum absolute atomic E-state index is 0.255. The average molecular weight is 178 g/mol. The first-order valence-electron chi connectivity index (χ1n) is 3.63. The van der Waals surface area contributed by atoms with Crippen molar-refractivity contribution in [1.82, 2.24) is 0 Å². The minimum Gasteiger partial charge on any atom is -0.421 e. The van der Waals surface area contributed by atoms with Crippen molar-refractivity contribution in [1.29, 1.82) is 0 Å². The van der Waals surface area contributed by atoms with Crippen molar-refractivity contribution in [3.05, 3.63) is 30.9 Å². The average Bonchev–Trinajstić information content (AvgIpc) is 2.13. The van der Waals surface area contributed by atoms with E-state index in [9.17, 15) is 4.79 Å². The first kappa shape index (κ1) is 9.12. The van der Waals surface area contributed by atoms with Gasteiger partial charge in [-0.1, -0.05) is 12.6 Å². The molecule has 0 aliphatic carbocycles. The van der Waals surface area contributed by atoms with Gasteiger partial charge in [-0.25, -0.2) is 4.79 Å². The third-order valence-corrected chi connectivity index (χ3v) is 1.48. The number of carbonyl (C=O) groups excluding carboxylic acids is 1. The minimum atomic E-state index is -0.558. The van der Waals surface area contributed by atoms with Gasteiger partial charge in [-0.3, -0.25) is 0 Å². The van der Waals surface area contributed by atoms with Gasteiger partial charge in [0.05, 0.1) is 11.4 Å². The van der Waals surface area contributed by atoms with Gasteiger partial charge in [-0.05, 0) is 12.1 Å². The van der Waals surface area contributed by atoms with Gasteiger partial charge in [-0.2, -0.15) is 0 Å². The molecule has 0 atom stereocenters. The molecule has 4 heteroatoms. The number of anilines is 2. The maximum atomic E-state index is 10.8. The number of rotatable bonds is 2. The Kier molecular flexibility index (Phi) is 2.54. The molecule has 4 N–H and O–H groups in total.